The molecule has 0 heterocycles. The van der Waals surface area contributed by atoms with Crippen molar-refractivity contribution in [3.8, 4) is 0 Å². The molecule has 0 aliphatic heterocycles. The number of carboxylic acid groups (broad SMARTS) is 1. The van der Waals surface area contributed by atoms with E-state index in [4.69, 9.17) is 9.84 Å². The Morgan fingerprint density at radius 3 is 2.38 bits per heavy atom. The van der Waals surface area contributed by atoms with Gasteiger partial charge in [-0.2, -0.15) is 13.2 Å². The lowest BCUT2D eigenvalue weighted by Crippen LogP contribution is -2.07. The normalized spacial score (nSPS) is 13.7. The van der Waals surface area contributed by atoms with Crippen molar-refractivity contribution < 1.29 is 27.8 Å². The molecule has 0 bridgehead atoms. The van der Waals surface area contributed by atoms with E-state index in [-0.39, 0.29) is 21.4 Å². The highest BCUT2D eigenvalue weighted by Gasteiger charge is 2.32. The Morgan fingerprint density at radius 2 is 1.90 bits per heavy atom. The van der Waals surface area contributed by atoms with Crippen LogP contribution in [0.4, 0.5) is 13.2 Å². The molecule has 1 aromatic carbocycles. The molecule has 0 saturated carbocycles. The van der Waals surface area contributed by atoms with Crippen LogP contribution in [-0.2, 0) is 15.7 Å². The number of alkyl halides is 3. The first-order valence-electron chi connectivity index (χ1n) is 5.70. The number of hydrogen-bond acceptors (Lipinski definition) is 2. The van der Waals surface area contributed by atoms with Crippen molar-refractivity contribution in [2.24, 2.45) is 0 Å². The van der Waals surface area contributed by atoms with E-state index in [0.29, 0.717) is 0 Å². The lowest BCUT2D eigenvalue weighted by Gasteiger charge is -2.12. The third-order valence-electron chi connectivity index (χ3n) is 2.59. The van der Waals surface area contributed by atoms with E-state index in [1.807, 2.05) is 0 Å². The summed E-state index contributed by atoms with van der Waals surface area (Å²) in [6, 6.07) is 5.02. The SMILES string of the molecule is COC(=C(\Br)C(=O)O)/C(C)=C/c1ccccc1C(F)(F)F. The van der Waals surface area contributed by atoms with Crippen molar-refractivity contribution in [3.63, 3.8) is 0 Å². The van der Waals surface area contributed by atoms with E-state index < -0.39 is 17.7 Å². The van der Waals surface area contributed by atoms with Gasteiger partial charge in [-0.1, -0.05) is 18.2 Å². The Hall–Kier alpha value is -1.76. The highest BCUT2D eigenvalue weighted by molar-refractivity contribution is 9.12. The molecule has 0 aliphatic carbocycles. The predicted molar refractivity (Wildman–Crippen MR) is 75.7 cm³/mol. The summed E-state index contributed by atoms with van der Waals surface area (Å²) in [5.41, 5.74) is -0.613. The van der Waals surface area contributed by atoms with Crippen LogP contribution >= 0.6 is 15.9 Å². The molecule has 0 amide bonds. The molecule has 7 heteroatoms. The van der Waals surface area contributed by atoms with Gasteiger partial charge in [0, 0.05) is 0 Å². The summed E-state index contributed by atoms with van der Waals surface area (Å²) in [4.78, 5) is 10.9. The largest absolute Gasteiger partial charge is 0.495 e. The van der Waals surface area contributed by atoms with Crippen LogP contribution in [0.3, 0.4) is 0 Å². The van der Waals surface area contributed by atoms with E-state index >= 15 is 0 Å². The first kappa shape index (κ1) is 17.3. The smallest absolute Gasteiger partial charge is 0.416 e. The standard InChI is InChI=1S/C14H12BrF3O3/c1-8(12(21-2)11(15)13(19)20)7-9-5-3-4-6-10(9)14(16,17)18/h3-7H,1-2H3,(H,19,20)/b8-7+,12-11-. The maximum atomic E-state index is 12.9. The zero-order valence-corrected chi connectivity index (χ0v) is 12.7. The van der Waals surface area contributed by atoms with Crippen LogP contribution in [0.2, 0.25) is 0 Å². The Balaban J connectivity index is 3.38. The fourth-order valence-corrected chi connectivity index (χ4v) is 2.18. The second kappa shape index (κ2) is 6.80. The van der Waals surface area contributed by atoms with Crippen molar-refractivity contribution in [1.82, 2.24) is 0 Å². The molecule has 1 aromatic rings. The molecular formula is C14H12BrF3O3. The average Bonchev–Trinajstić information content (AvgIpc) is 2.38. The minimum Gasteiger partial charge on any atom is -0.495 e. The van der Waals surface area contributed by atoms with E-state index in [9.17, 15) is 18.0 Å². The first-order chi connectivity index (χ1) is 9.68. The van der Waals surface area contributed by atoms with Gasteiger partial charge < -0.3 is 9.84 Å². The number of benzene rings is 1. The van der Waals surface area contributed by atoms with Crippen molar-refractivity contribution in [2.75, 3.05) is 7.11 Å². The van der Waals surface area contributed by atoms with Crippen LogP contribution in [0.15, 0.2) is 40.1 Å². The van der Waals surface area contributed by atoms with E-state index in [2.05, 4.69) is 15.9 Å². The topological polar surface area (TPSA) is 46.5 Å². The summed E-state index contributed by atoms with van der Waals surface area (Å²) in [5.74, 6) is -1.32. The highest BCUT2D eigenvalue weighted by atomic mass is 79.9. The van der Waals surface area contributed by atoms with Gasteiger partial charge in [0.2, 0.25) is 0 Å². The van der Waals surface area contributed by atoms with Gasteiger partial charge in [-0.05, 0) is 46.1 Å². The molecule has 0 spiro atoms. The average molecular weight is 365 g/mol. The molecule has 0 unspecified atom stereocenters. The van der Waals surface area contributed by atoms with Gasteiger partial charge in [-0.25, -0.2) is 4.79 Å². The summed E-state index contributed by atoms with van der Waals surface area (Å²) in [5, 5.41) is 8.89. The first-order valence-corrected chi connectivity index (χ1v) is 6.49. The van der Waals surface area contributed by atoms with Gasteiger partial charge in [-0.3, -0.25) is 0 Å². The molecule has 0 aliphatic rings. The Morgan fingerprint density at radius 1 is 1.33 bits per heavy atom. The molecule has 21 heavy (non-hydrogen) atoms. The molecular weight excluding hydrogens is 353 g/mol. The van der Waals surface area contributed by atoms with Crippen molar-refractivity contribution in [1.29, 1.82) is 0 Å². The molecule has 0 fully saturated rings. The minimum atomic E-state index is -4.49. The molecule has 1 rings (SSSR count). The van der Waals surface area contributed by atoms with Crippen LogP contribution in [-0.4, -0.2) is 18.2 Å². The molecule has 0 radical (unpaired) electrons. The fraction of sp³-hybridized carbons (Fsp3) is 0.214. The lowest BCUT2D eigenvalue weighted by atomic mass is 10.0. The second-order valence-electron chi connectivity index (χ2n) is 4.06. The molecule has 0 atom stereocenters. The molecule has 0 saturated heterocycles. The molecule has 114 valence electrons. The van der Waals surface area contributed by atoms with Crippen LogP contribution in [0.1, 0.15) is 18.1 Å². The number of rotatable bonds is 4. The van der Waals surface area contributed by atoms with Gasteiger partial charge in [0.25, 0.3) is 0 Å². The van der Waals surface area contributed by atoms with Crippen LogP contribution in [0.5, 0.6) is 0 Å². The van der Waals surface area contributed by atoms with E-state index in [0.717, 1.165) is 6.07 Å². The Kier molecular flexibility index (Phi) is 5.60. The van der Waals surface area contributed by atoms with Crippen LogP contribution in [0.25, 0.3) is 6.08 Å². The van der Waals surface area contributed by atoms with Crippen molar-refractivity contribution >= 4 is 28.0 Å². The number of carboxylic acids is 1. The number of ether oxygens (including phenoxy) is 1. The van der Waals surface area contributed by atoms with Crippen LogP contribution in [0, 0.1) is 0 Å². The Labute approximate surface area is 127 Å². The zero-order valence-electron chi connectivity index (χ0n) is 11.2. The fourth-order valence-electron chi connectivity index (χ4n) is 1.70. The maximum Gasteiger partial charge on any atom is 0.416 e. The zero-order chi connectivity index (χ0) is 16.2. The maximum absolute atomic E-state index is 12.9. The number of carbonyl (C=O) groups is 1. The highest BCUT2D eigenvalue weighted by Crippen LogP contribution is 2.33. The van der Waals surface area contributed by atoms with Gasteiger partial charge in [0.05, 0.1) is 12.7 Å². The molecule has 3 nitrogen and oxygen atoms in total. The number of halogens is 4. The minimum absolute atomic E-state index is 0.0422. The number of allylic oxidation sites excluding steroid dienone is 1. The predicted octanol–water partition coefficient (Wildman–Crippen LogP) is 4.45. The summed E-state index contributed by atoms with van der Waals surface area (Å²) < 4.78 is 43.4. The van der Waals surface area contributed by atoms with Gasteiger partial charge in [0.15, 0.2) is 0 Å². The van der Waals surface area contributed by atoms with Gasteiger partial charge in [-0.15, -0.1) is 0 Å². The van der Waals surface area contributed by atoms with Crippen LogP contribution < -0.4 is 0 Å². The summed E-state index contributed by atoms with van der Waals surface area (Å²) in [6.07, 6.45) is -3.26. The Bertz CT molecular complexity index is 604. The third kappa shape index (κ3) is 4.35. The number of methoxy groups -OCH3 is 1. The summed E-state index contributed by atoms with van der Waals surface area (Å²) >= 11 is 2.83. The van der Waals surface area contributed by atoms with Crippen molar-refractivity contribution in [2.45, 2.75) is 13.1 Å². The molecule has 1 N–H and O–H groups in total. The summed E-state index contributed by atoms with van der Waals surface area (Å²) in [7, 11) is 1.24. The number of aliphatic carboxylic acids is 1. The van der Waals surface area contributed by atoms with E-state index in [1.54, 1.807) is 0 Å². The lowest BCUT2D eigenvalue weighted by molar-refractivity contribution is -0.137. The second-order valence-corrected chi connectivity index (χ2v) is 4.86. The van der Waals surface area contributed by atoms with Gasteiger partial charge >= 0.3 is 12.1 Å². The van der Waals surface area contributed by atoms with Crippen molar-refractivity contribution in [3.05, 3.63) is 51.2 Å². The molecule has 0 aromatic heterocycles. The van der Waals surface area contributed by atoms with Gasteiger partial charge in [0.1, 0.15) is 10.2 Å². The monoisotopic (exact) mass is 364 g/mol. The quantitative estimate of drug-likeness (QED) is 0.487. The van der Waals surface area contributed by atoms with E-state index in [1.165, 1.54) is 38.3 Å². The third-order valence-corrected chi connectivity index (χ3v) is 3.29. The number of hydrogen-bond donors (Lipinski definition) is 1. The summed E-state index contributed by atoms with van der Waals surface area (Å²) in [6.45, 7) is 1.47.